The van der Waals surface area contributed by atoms with Crippen molar-refractivity contribution in [1.29, 1.82) is 0 Å². The zero-order valence-electron chi connectivity index (χ0n) is 30.3. The van der Waals surface area contributed by atoms with Crippen LogP contribution in [0.5, 0.6) is 0 Å². The van der Waals surface area contributed by atoms with Gasteiger partial charge in [-0.1, -0.05) is 152 Å². The molecule has 0 fully saturated rings. The lowest BCUT2D eigenvalue weighted by molar-refractivity contribution is 0.668. The van der Waals surface area contributed by atoms with E-state index in [1.54, 1.807) is 0 Å². The van der Waals surface area contributed by atoms with Crippen LogP contribution in [-0.2, 0) is 0 Å². The number of fused-ring (bicyclic) bond motifs is 9. The summed E-state index contributed by atoms with van der Waals surface area (Å²) in [4.78, 5) is 0. The molecular formula is C54H32O2. The summed E-state index contributed by atoms with van der Waals surface area (Å²) in [7, 11) is 0. The Morgan fingerprint density at radius 3 is 1.30 bits per heavy atom. The molecule has 2 heteroatoms. The zero-order valence-corrected chi connectivity index (χ0v) is 30.3. The normalized spacial score (nSPS) is 11.9. The molecule has 0 bridgehead atoms. The van der Waals surface area contributed by atoms with E-state index in [2.05, 4.69) is 170 Å². The first-order chi connectivity index (χ1) is 27.8. The van der Waals surface area contributed by atoms with Gasteiger partial charge in [0.1, 0.15) is 22.3 Å². The van der Waals surface area contributed by atoms with Crippen molar-refractivity contribution in [3.05, 3.63) is 194 Å². The molecule has 0 aliphatic carbocycles. The highest BCUT2D eigenvalue weighted by Gasteiger charge is 2.20. The van der Waals surface area contributed by atoms with Crippen LogP contribution in [0, 0.1) is 0 Å². The molecule has 56 heavy (non-hydrogen) atoms. The fourth-order valence-electron chi connectivity index (χ4n) is 9.16. The molecule has 0 aliphatic heterocycles. The van der Waals surface area contributed by atoms with Crippen molar-refractivity contribution in [2.45, 2.75) is 0 Å². The third kappa shape index (κ3) is 4.63. The summed E-state index contributed by atoms with van der Waals surface area (Å²) in [6.07, 6.45) is 0. The Bertz CT molecular complexity index is 3350. The molecule has 0 saturated heterocycles. The molecule has 0 N–H and O–H groups in total. The first-order valence-electron chi connectivity index (χ1n) is 19.2. The highest BCUT2D eigenvalue weighted by atomic mass is 16.3. The Morgan fingerprint density at radius 2 is 0.714 bits per heavy atom. The molecule has 2 heterocycles. The van der Waals surface area contributed by atoms with Crippen LogP contribution in [0.3, 0.4) is 0 Å². The molecule has 10 aromatic carbocycles. The second-order valence-corrected chi connectivity index (χ2v) is 14.7. The minimum Gasteiger partial charge on any atom is -0.456 e. The molecule has 0 spiro atoms. The van der Waals surface area contributed by atoms with Crippen LogP contribution in [0.15, 0.2) is 203 Å². The monoisotopic (exact) mass is 712 g/mol. The van der Waals surface area contributed by atoms with Crippen molar-refractivity contribution in [1.82, 2.24) is 0 Å². The fraction of sp³-hybridized carbons (Fsp3) is 0. The molecule has 0 unspecified atom stereocenters. The van der Waals surface area contributed by atoms with E-state index in [0.29, 0.717) is 0 Å². The molecule has 0 aliphatic rings. The summed E-state index contributed by atoms with van der Waals surface area (Å²) in [5, 5.41) is 11.8. The maximum atomic E-state index is 6.26. The molecule has 12 aromatic rings. The SMILES string of the molecule is c1ccc(-c2cccc3cccc(-c4c5cccc(-c6ccc7oc8ccccc8c7c6)c5cc5c(-c6ccc7oc8ccccc8c7c6)cccc45)c23)cc1. The lowest BCUT2D eigenvalue weighted by Gasteiger charge is -2.20. The second-order valence-electron chi connectivity index (χ2n) is 14.7. The quantitative estimate of drug-likeness (QED) is 0.170. The van der Waals surface area contributed by atoms with E-state index in [1.807, 2.05) is 24.3 Å². The van der Waals surface area contributed by atoms with Crippen molar-refractivity contribution in [3.8, 4) is 44.5 Å². The first kappa shape index (κ1) is 31.0. The fourth-order valence-corrected chi connectivity index (χ4v) is 9.16. The van der Waals surface area contributed by atoms with E-state index < -0.39 is 0 Å². The van der Waals surface area contributed by atoms with Crippen molar-refractivity contribution in [3.63, 3.8) is 0 Å². The van der Waals surface area contributed by atoms with Crippen LogP contribution in [0.1, 0.15) is 0 Å². The largest absolute Gasteiger partial charge is 0.456 e. The molecule has 0 saturated carbocycles. The van der Waals surface area contributed by atoms with Gasteiger partial charge in [-0.15, -0.1) is 0 Å². The third-order valence-electron chi connectivity index (χ3n) is 11.7. The second kappa shape index (κ2) is 12.0. The van der Waals surface area contributed by atoms with Crippen LogP contribution < -0.4 is 0 Å². The van der Waals surface area contributed by atoms with Crippen LogP contribution in [0.4, 0.5) is 0 Å². The van der Waals surface area contributed by atoms with Gasteiger partial charge < -0.3 is 8.83 Å². The molecule has 0 radical (unpaired) electrons. The maximum Gasteiger partial charge on any atom is 0.135 e. The molecule has 260 valence electrons. The highest BCUT2D eigenvalue weighted by Crippen LogP contribution is 2.47. The number of para-hydroxylation sites is 2. The average Bonchev–Trinajstić information content (AvgIpc) is 3.83. The molecule has 2 aromatic heterocycles. The standard InChI is InChI=1S/C54H32O2/c1-2-12-33(13-3-1)39-20-8-14-34-15-9-23-44(53(34)39)54-42-21-10-18-37(35-26-28-51-47(30-35)40-16-4-6-24-49(40)55-51)45(42)32-46-38(19-11-22-43(46)54)36-27-29-52-48(31-36)41-17-5-7-25-50(41)56-52/h1-32H. The molecule has 12 rings (SSSR count). The zero-order chi connectivity index (χ0) is 36.7. The summed E-state index contributed by atoms with van der Waals surface area (Å²) in [5.41, 5.74) is 13.2. The minimum absolute atomic E-state index is 0.898. The minimum atomic E-state index is 0.898. The van der Waals surface area contributed by atoms with Crippen LogP contribution in [0.2, 0.25) is 0 Å². The van der Waals surface area contributed by atoms with Gasteiger partial charge in [-0.25, -0.2) is 0 Å². The Hall–Kier alpha value is -7.42. The smallest absolute Gasteiger partial charge is 0.135 e. The van der Waals surface area contributed by atoms with Gasteiger partial charge in [0.25, 0.3) is 0 Å². The van der Waals surface area contributed by atoms with Crippen molar-refractivity contribution >= 4 is 76.2 Å². The first-order valence-corrected chi connectivity index (χ1v) is 19.2. The summed E-state index contributed by atoms with van der Waals surface area (Å²) in [6, 6.07) is 70.1. The Morgan fingerprint density at radius 1 is 0.250 bits per heavy atom. The van der Waals surface area contributed by atoms with Gasteiger partial charge in [0.05, 0.1) is 0 Å². The Balaban J connectivity index is 1.20. The maximum absolute atomic E-state index is 6.26. The summed E-state index contributed by atoms with van der Waals surface area (Å²) < 4.78 is 12.5. The van der Waals surface area contributed by atoms with Crippen LogP contribution in [0.25, 0.3) is 121 Å². The Labute approximate surface area is 322 Å². The summed E-state index contributed by atoms with van der Waals surface area (Å²) in [5.74, 6) is 0. The number of hydrogen-bond donors (Lipinski definition) is 0. The van der Waals surface area contributed by atoms with Gasteiger partial charge in [-0.05, 0) is 119 Å². The molecule has 2 nitrogen and oxygen atoms in total. The number of benzene rings is 10. The lowest BCUT2D eigenvalue weighted by Crippen LogP contribution is -1.92. The van der Waals surface area contributed by atoms with E-state index in [9.17, 15) is 0 Å². The molecular weight excluding hydrogens is 681 g/mol. The third-order valence-corrected chi connectivity index (χ3v) is 11.7. The van der Waals surface area contributed by atoms with Gasteiger partial charge in [0.15, 0.2) is 0 Å². The predicted molar refractivity (Wildman–Crippen MR) is 235 cm³/mol. The van der Waals surface area contributed by atoms with Crippen molar-refractivity contribution in [2.24, 2.45) is 0 Å². The van der Waals surface area contributed by atoms with E-state index in [4.69, 9.17) is 8.83 Å². The topological polar surface area (TPSA) is 26.3 Å². The highest BCUT2D eigenvalue weighted by molar-refractivity contribution is 6.23. The van der Waals surface area contributed by atoms with Gasteiger partial charge in [0.2, 0.25) is 0 Å². The van der Waals surface area contributed by atoms with Crippen molar-refractivity contribution < 1.29 is 8.83 Å². The molecule has 0 amide bonds. The van der Waals surface area contributed by atoms with Crippen molar-refractivity contribution in [2.75, 3.05) is 0 Å². The Kier molecular flexibility index (Phi) is 6.66. The van der Waals surface area contributed by atoms with E-state index in [0.717, 1.165) is 55.0 Å². The average molecular weight is 713 g/mol. The summed E-state index contributed by atoms with van der Waals surface area (Å²) in [6.45, 7) is 0. The van der Waals surface area contributed by atoms with E-state index in [-0.39, 0.29) is 0 Å². The van der Waals surface area contributed by atoms with Gasteiger partial charge in [-0.3, -0.25) is 0 Å². The number of rotatable bonds is 4. The van der Waals surface area contributed by atoms with Crippen LogP contribution >= 0.6 is 0 Å². The lowest BCUT2D eigenvalue weighted by atomic mass is 9.83. The summed E-state index contributed by atoms with van der Waals surface area (Å²) >= 11 is 0. The number of hydrogen-bond acceptors (Lipinski definition) is 2. The van der Waals surface area contributed by atoms with E-state index in [1.165, 1.54) is 65.7 Å². The van der Waals surface area contributed by atoms with Crippen LogP contribution in [-0.4, -0.2) is 0 Å². The molecule has 0 atom stereocenters. The van der Waals surface area contributed by atoms with E-state index >= 15 is 0 Å². The van der Waals surface area contributed by atoms with Gasteiger partial charge in [0, 0.05) is 21.5 Å². The van der Waals surface area contributed by atoms with Gasteiger partial charge in [-0.2, -0.15) is 0 Å². The van der Waals surface area contributed by atoms with Gasteiger partial charge >= 0.3 is 0 Å². The predicted octanol–water partition coefficient (Wildman–Crippen LogP) is 15.6. The number of furan rings is 2.